The summed E-state index contributed by atoms with van der Waals surface area (Å²) >= 11 is 1.85. The number of morpholine rings is 1. The summed E-state index contributed by atoms with van der Waals surface area (Å²) < 4.78 is 11.8. The van der Waals surface area contributed by atoms with Gasteiger partial charge in [-0.15, -0.1) is 11.3 Å². The van der Waals surface area contributed by atoms with E-state index in [4.69, 9.17) is 9.47 Å². The fraction of sp³-hybridized carbons (Fsp3) is 0.688. The van der Waals surface area contributed by atoms with Gasteiger partial charge in [0.1, 0.15) is 5.60 Å². The van der Waals surface area contributed by atoms with Crippen LogP contribution in [0.4, 0.5) is 0 Å². The Morgan fingerprint density at radius 3 is 2.91 bits per heavy atom. The van der Waals surface area contributed by atoms with Gasteiger partial charge >= 0.3 is 0 Å². The highest BCUT2D eigenvalue weighted by molar-refractivity contribution is 7.11. The fourth-order valence-corrected chi connectivity index (χ4v) is 4.14. The largest absolute Gasteiger partial charge is 0.376 e. The van der Waals surface area contributed by atoms with E-state index in [2.05, 4.69) is 24.0 Å². The number of hydrogen-bond acceptors (Lipinski definition) is 5. The Morgan fingerprint density at radius 1 is 1.32 bits per heavy atom. The zero-order valence-electron chi connectivity index (χ0n) is 13.3. The molecule has 1 spiro atoms. The lowest BCUT2D eigenvalue weighted by molar-refractivity contribution is -0.151. The van der Waals surface area contributed by atoms with Crippen molar-refractivity contribution in [2.45, 2.75) is 26.0 Å². The molecule has 1 amide bonds. The number of amides is 1. The number of aryl methyl sites for hydroxylation is 1. The topological polar surface area (TPSA) is 42.0 Å². The third kappa shape index (κ3) is 3.68. The highest BCUT2D eigenvalue weighted by Crippen LogP contribution is 2.25. The van der Waals surface area contributed by atoms with Gasteiger partial charge in [0.15, 0.2) is 0 Å². The van der Waals surface area contributed by atoms with Crippen molar-refractivity contribution in [3.63, 3.8) is 0 Å². The highest BCUT2D eigenvalue weighted by Gasteiger charge is 2.40. The van der Waals surface area contributed by atoms with Gasteiger partial charge in [0.25, 0.3) is 0 Å². The first-order valence-corrected chi connectivity index (χ1v) is 8.63. The van der Waals surface area contributed by atoms with E-state index in [9.17, 15) is 4.79 Å². The van der Waals surface area contributed by atoms with Crippen LogP contribution < -0.4 is 0 Å². The van der Waals surface area contributed by atoms with Crippen LogP contribution in [0.2, 0.25) is 0 Å². The molecule has 2 fully saturated rings. The summed E-state index contributed by atoms with van der Waals surface area (Å²) in [4.78, 5) is 18.8. The molecule has 5 nitrogen and oxygen atoms in total. The molecule has 0 unspecified atom stereocenters. The minimum absolute atomic E-state index is 0.0967. The van der Waals surface area contributed by atoms with Gasteiger partial charge in [-0.3, -0.25) is 9.69 Å². The maximum Gasteiger partial charge on any atom is 0.219 e. The van der Waals surface area contributed by atoms with E-state index in [0.29, 0.717) is 32.9 Å². The summed E-state index contributed by atoms with van der Waals surface area (Å²) in [5, 5.41) is 0. The number of nitrogens with zero attached hydrogens (tertiary/aromatic N) is 2. The van der Waals surface area contributed by atoms with Crippen molar-refractivity contribution >= 4 is 17.2 Å². The van der Waals surface area contributed by atoms with Crippen LogP contribution in [0.25, 0.3) is 0 Å². The average molecular weight is 324 g/mol. The molecule has 0 aromatic carbocycles. The Hall–Kier alpha value is -0.950. The Bertz CT molecular complexity index is 533. The Morgan fingerprint density at radius 2 is 2.18 bits per heavy atom. The SMILES string of the molecule is CC(=O)N1CCOC[C@@]2(CN(Cc3ccc(C)s3)CCO2)C1. The van der Waals surface area contributed by atoms with Crippen LogP contribution in [0.5, 0.6) is 0 Å². The van der Waals surface area contributed by atoms with Crippen molar-refractivity contribution in [3.05, 3.63) is 21.9 Å². The summed E-state index contributed by atoms with van der Waals surface area (Å²) in [6, 6.07) is 4.37. The van der Waals surface area contributed by atoms with Crippen LogP contribution in [0.3, 0.4) is 0 Å². The molecule has 1 aromatic heterocycles. The third-order valence-electron chi connectivity index (χ3n) is 4.30. The van der Waals surface area contributed by atoms with Crippen LogP contribution in [0, 0.1) is 6.92 Å². The zero-order chi connectivity index (χ0) is 15.6. The second-order valence-electron chi connectivity index (χ2n) is 6.25. The molecule has 3 rings (SSSR count). The number of carbonyl (C=O) groups excluding carboxylic acids is 1. The smallest absolute Gasteiger partial charge is 0.219 e. The van der Waals surface area contributed by atoms with Crippen LogP contribution in [-0.4, -0.2) is 67.3 Å². The van der Waals surface area contributed by atoms with Crippen LogP contribution in [0.1, 0.15) is 16.7 Å². The summed E-state index contributed by atoms with van der Waals surface area (Å²) in [6.07, 6.45) is 0. The van der Waals surface area contributed by atoms with Crippen molar-refractivity contribution in [1.29, 1.82) is 0 Å². The van der Waals surface area contributed by atoms with Crippen LogP contribution in [0.15, 0.2) is 12.1 Å². The number of thiophene rings is 1. The summed E-state index contributed by atoms with van der Waals surface area (Å²) in [7, 11) is 0. The number of rotatable bonds is 2. The Balaban J connectivity index is 1.68. The molecule has 2 aliphatic heterocycles. The lowest BCUT2D eigenvalue weighted by Crippen LogP contribution is -2.58. The van der Waals surface area contributed by atoms with Gasteiger partial charge < -0.3 is 14.4 Å². The van der Waals surface area contributed by atoms with Crippen molar-refractivity contribution in [2.24, 2.45) is 0 Å². The molecule has 1 aromatic rings. The molecule has 3 heterocycles. The van der Waals surface area contributed by atoms with E-state index in [-0.39, 0.29) is 11.5 Å². The predicted molar refractivity (Wildman–Crippen MR) is 86.1 cm³/mol. The molecule has 0 saturated carbocycles. The zero-order valence-corrected chi connectivity index (χ0v) is 14.2. The second-order valence-corrected chi connectivity index (χ2v) is 7.62. The fourth-order valence-electron chi connectivity index (χ4n) is 3.21. The molecule has 0 N–H and O–H groups in total. The number of carbonyl (C=O) groups is 1. The lowest BCUT2D eigenvalue weighted by atomic mass is 10.0. The average Bonchev–Trinajstić information content (AvgIpc) is 2.76. The van der Waals surface area contributed by atoms with E-state index in [1.165, 1.54) is 9.75 Å². The van der Waals surface area contributed by atoms with Crippen molar-refractivity contribution in [3.8, 4) is 0 Å². The standard InChI is InChI=1S/C16H24N2O3S/c1-13-3-4-15(22-13)9-17-5-8-21-16(10-17)11-18(14(2)19)6-7-20-12-16/h3-4H,5-12H2,1-2H3/t16-/m1/s1. The normalized spacial score (nSPS) is 27.1. The Kier molecular flexibility index (Phi) is 4.82. The highest BCUT2D eigenvalue weighted by atomic mass is 32.1. The summed E-state index contributed by atoms with van der Waals surface area (Å²) in [5.41, 5.74) is -0.382. The van der Waals surface area contributed by atoms with E-state index in [1.807, 2.05) is 16.2 Å². The van der Waals surface area contributed by atoms with Gasteiger partial charge in [-0.1, -0.05) is 0 Å². The Labute approximate surface area is 135 Å². The predicted octanol–water partition coefficient (Wildman–Crippen LogP) is 1.51. The van der Waals surface area contributed by atoms with E-state index < -0.39 is 0 Å². The molecule has 0 radical (unpaired) electrons. The van der Waals surface area contributed by atoms with Crippen LogP contribution in [-0.2, 0) is 20.8 Å². The van der Waals surface area contributed by atoms with E-state index in [0.717, 1.165) is 19.6 Å². The maximum atomic E-state index is 11.8. The summed E-state index contributed by atoms with van der Waals surface area (Å²) in [5.74, 6) is 0.0967. The first-order valence-electron chi connectivity index (χ1n) is 7.81. The molecular weight excluding hydrogens is 300 g/mol. The molecule has 0 bridgehead atoms. The molecule has 0 aliphatic carbocycles. The molecule has 2 saturated heterocycles. The molecule has 1 atom stereocenters. The first kappa shape index (κ1) is 15.9. The first-order chi connectivity index (χ1) is 10.6. The van der Waals surface area contributed by atoms with Crippen molar-refractivity contribution < 1.29 is 14.3 Å². The monoisotopic (exact) mass is 324 g/mol. The summed E-state index contributed by atoms with van der Waals surface area (Å²) in [6.45, 7) is 9.58. The van der Waals surface area contributed by atoms with Gasteiger partial charge in [0.05, 0.1) is 26.4 Å². The minimum atomic E-state index is -0.382. The van der Waals surface area contributed by atoms with E-state index >= 15 is 0 Å². The molecular formula is C16H24N2O3S. The molecule has 122 valence electrons. The quantitative estimate of drug-likeness (QED) is 0.827. The van der Waals surface area contributed by atoms with Gasteiger partial charge in [0.2, 0.25) is 5.91 Å². The number of hydrogen-bond donors (Lipinski definition) is 0. The second kappa shape index (κ2) is 6.66. The van der Waals surface area contributed by atoms with Gasteiger partial charge in [0, 0.05) is 42.9 Å². The molecule has 6 heteroatoms. The van der Waals surface area contributed by atoms with Crippen molar-refractivity contribution in [1.82, 2.24) is 9.80 Å². The van der Waals surface area contributed by atoms with Gasteiger partial charge in [-0.2, -0.15) is 0 Å². The third-order valence-corrected chi connectivity index (χ3v) is 5.28. The van der Waals surface area contributed by atoms with Gasteiger partial charge in [-0.25, -0.2) is 0 Å². The molecule has 22 heavy (non-hydrogen) atoms. The van der Waals surface area contributed by atoms with Gasteiger partial charge in [-0.05, 0) is 19.1 Å². The maximum absolute atomic E-state index is 11.8. The van der Waals surface area contributed by atoms with Crippen molar-refractivity contribution in [2.75, 3.05) is 46.0 Å². The van der Waals surface area contributed by atoms with Crippen LogP contribution >= 0.6 is 11.3 Å². The number of ether oxygens (including phenoxy) is 2. The van der Waals surface area contributed by atoms with E-state index in [1.54, 1.807) is 6.92 Å². The minimum Gasteiger partial charge on any atom is -0.376 e. The lowest BCUT2D eigenvalue weighted by Gasteiger charge is -2.43. The molecule has 2 aliphatic rings.